The molecule has 0 radical (unpaired) electrons. The molecule has 96 valence electrons. The second-order valence-electron chi connectivity index (χ2n) is 4.48. The molecule has 1 atom stereocenters. The van der Waals surface area contributed by atoms with Crippen molar-refractivity contribution in [2.45, 2.75) is 6.10 Å². The molecule has 2 aromatic carbocycles. The van der Waals surface area contributed by atoms with Gasteiger partial charge in [-0.2, -0.15) is 0 Å². The van der Waals surface area contributed by atoms with Crippen molar-refractivity contribution in [3.63, 3.8) is 0 Å². The predicted molar refractivity (Wildman–Crippen MR) is 78.9 cm³/mol. The first-order valence-electron chi connectivity index (χ1n) is 6.01. The van der Waals surface area contributed by atoms with E-state index in [1.54, 1.807) is 0 Å². The summed E-state index contributed by atoms with van der Waals surface area (Å²) >= 11 is 3.42. The number of nitrogens with zero attached hydrogens (tertiary/aromatic N) is 2. The Balaban J connectivity index is 2.11. The Kier molecular flexibility index (Phi) is 3.12. The molecule has 1 N–H and O–H groups in total. The molecule has 1 unspecified atom stereocenters. The standard InChI is InChI=1S/C15H13BrN2O/c1-18-13-8-3-2-7-12(13)17-15(18)14(19)10-5-4-6-11(16)9-10/h2-9,14,19H,1H3. The molecule has 0 bridgehead atoms. The summed E-state index contributed by atoms with van der Waals surface area (Å²) in [6, 6.07) is 15.5. The average Bonchev–Trinajstić information content (AvgIpc) is 2.76. The van der Waals surface area contributed by atoms with Gasteiger partial charge in [-0.15, -0.1) is 0 Å². The second-order valence-corrected chi connectivity index (χ2v) is 5.39. The fraction of sp³-hybridized carbons (Fsp3) is 0.133. The number of rotatable bonds is 2. The number of aliphatic hydroxyl groups is 1. The van der Waals surface area contributed by atoms with Crippen LogP contribution >= 0.6 is 15.9 Å². The molecule has 3 aromatic rings. The number of hydrogen-bond donors (Lipinski definition) is 1. The lowest BCUT2D eigenvalue weighted by Gasteiger charge is -2.11. The number of benzene rings is 2. The maximum atomic E-state index is 10.5. The van der Waals surface area contributed by atoms with E-state index in [1.165, 1.54) is 0 Å². The Morgan fingerprint density at radius 1 is 1.16 bits per heavy atom. The molecule has 19 heavy (non-hydrogen) atoms. The largest absolute Gasteiger partial charge is 0.380 e. The number of aliphatic hydroxyl groups excluding tert-OH is 1. The van der Waals surface area contributed by atoms with Crippen LogP contribution in [-0.4, -0.2) is 14.7 Å². The molecule has 0 saturated heterocycles. The van der Waals surface area contributed by atoms with Gasteiger partial charge in [-0.3, -0.25) is 0 Å². The van der Waals surface area contributed by atoms with E-state index in [1.807, 2.05) is 60.1 Å². The first kappa shape index (κ1) is 12.4. The normalized spacial score (nSPS) is 12.8. The van der Waals surface area contributed by atoms with Gasteiger partial charge in [0.2, 0.25) is 0 Å². The predicted octanol–water partition coefficient (Wildman–Crippen LogP) is 3.42. The molecule has 3 nitrogen and oxygen atoms in total. The van der Waals surface area contributed by atoms with Crippen LogP contribution in [0.3, 0.4) is 0 Å². The van der Waals surface area contributed by atoms with Crippen molar-refractivity contribution in [2.24, 2.45) is 7.05 Å². The minimum atomic E-state index is -0.727. The van der Waals surface area contributed by atoms with Gasteiger partial charge in [0.05, 0.1) is 11.0 Å². The van der Waals surface area contributed by atoms with E-state index in [2.05, 4.69) is 20.9 Å². The maximum absolute atomic E-state index is 10.5. The molecule has 0 aliphatic heterocycles. The monoisotopic (exact) mass is 316 g/mol. The first-order chi connectivity index (χ1) is 9.16. The van der Waals surface area contributed by atoms with Crippen LogP contribution in [0.25, 0.3) is 11.0 Å². The third-order valence-electron chi connectivity index (χ3n) is 3.23. The van der Waals surface area contributed by atoms with Gasteiger partial charge in [0.15, 0.2) is 0 Å². The molecule has 1 aromatic heterocycles. The zero-order chi connectivity index (χ0) is 13.4. The van der Waals surface area contributed by atoms with Gasteiger partial charge in [0.25, 0.3) is 0 Å². The number of para-hydroxylation sites is 2. The fourth-order valence-corrected chi connectivity index (χ4v) is 2.65. The van der Waals surface area contributed by atoms with Gasteiger partial charge in [-0.25, -0.2) is 4.98 Å². The molecule has 0 aliphatic rings. The third-order valence-corrected chi connectivity index (χ3v) is 3.72. The Hall–Kier alpha value is -1.65. The van der Waals surface area contributed by atoms with Crippen LogP contribution in [0.1, 0.15) is 17.5 Å². The zero-order valence-electron chi connectivity index (χ0n) is 10.4. The quantitative estimate of drug-likeness (QED) is 0.786. The Bertz CT molecular complexity index is 736. The summed E-state index contributed by atoms with van der Waals surface area (Å²) in [5.74, 6) is 0.652. The topological polar surface area (TPSA) is 38.0 Å². The van der Waals surface area contributed by atoms with Gasteiger partial charge in [0.1, 0.15) is 11.9 Å². The van der Waals surface area contributed by atoms with E-state index in [0.717, 1.165) is 21.1 Å². The molecule has 1 heterocycles. The fourth-order valence-electron chi connectivity index (χ4n) is 2.23. The van der Waals surface area contributed by atoms with Crippen molar-refractivity contribution in [1.29, 1.82) is 0 Å². The van der Waals surface area contributed by atoms with E-state index in [9.17, 15) is 5.11 Å². The third kappa shape index (κ3) is 2.17. The van der Waals surface area contributed by atoms with Crippen LogP contribution in [0.4, 0.5) is 0 Å². The highest BCUT2D eigenvalue weighted by atomic mass is 79.9. The summed E-state index contributed by atoms with van der Waals surface area (Å²) in [5.41, 5.74) is 2.74. The highest BCUT2D eigenvalue weighted by Crippen LogP contribution is 2.26. The van der Waals surface area contributed by atoms with Crippen LogP contribution in [-0.2, 0) is 7.05 Å². The van der Waals surface area contributed by atoms with E-state index < -0.39 is 6.10 Å². The molecule has 0 fully saturated rings. The van der Waals surface area contributed by atoms with Gasteiger partial charge in [-0.1, -0.05) is 40.2 Å². The van der Waals surface area contributed by atoms with E-state index in [4.69, 9.17) is 0 Å². The number of aromatic nitrogens is 2. The highest BCUT2D eigenvalue weighted by molar-refractivity contribution is 9.10. The van der Waals surface area contributed by atoms with Gasteiger partial charge >= 0.3 is 0 Å². The van der Waals surface area contributed by atoms with Crippen LogP contribution in [0.15, 0.2) is 53.0 Å². The number of imidazole rings is 1. The molecule has 3 rings (SSSR count). The molecular weight excluding hydrogens is 304 g/mol. The minimum Gasteiger partial charge on any atom is -0.380 e. The van der Waals surface area contributed by atoms with E-state index in [0.29, 0.717) is 5.82 Å². The summed E-state index contributed by atoms with van der Waals surface area (Å²) in [6.07, 6.45) is -0.727. The smallest absolute Gasteiger partial charge is 0.143 e. The van der Waals surface area contributed by atoms with Crippen LogP contribution < -0.4 is 0 Å². The van der Waals surface area contributed by atoms with Crippen molar-refractivity contribution in [1.82, 2.24) is 9.55 Å². The molecule has 0 spiro atoms. The molecule has 4 heteroatoms. The summed E-state index contributed by atoms with van der Waals surface area (Å²) in [6.45, 7) is 0. The average molecular weight is 317 g/mol. The summed E-state index contributed by atoms with van der Waals surface area (Å²) < 4.78 is 2.88. The highest BCUT2D eigenvalue weighted by Gasteiger charge is 2.17. The van der Waals surface area contributed by atoms with Crippen molar-refractivity contribution in [2.75, 3.05) is 0 Å². The lowest BCUT2D eigenvalue weighted by molar-refractivity contribution is 0.207. The van der Waals surface area contributed by atoms with Gasteiger partial charge < -0.3 is 9.67 Å². The first-order valence-corrected chi connectivity index (χ1v) is 6.81. The van der Waals surface area contributed by atoms with Crippen molar-refractivity contribution < 1.29 is 5.11 Å². The molecule has 0 saturated carbocycles. The van der Waals surface area contributed by atoms with Gasteiger partial charge in [-0.05, 0) is 29.8 Å². The summed E-state index contributed by atoms with van der Waals surface area (Å²) in [5, 5.41) is 10.5. The molecular formula is C15H13BrN2O. The van der Waals surface area contributed by atoms with Crippen molar-refractivity contribution >= 4 is 27.0 Å². The summed E-state index contributed by atoms with van der Waals surface area (Å²) in [7, 11) is 1.92. The SMILES string of the molecule is Cn1c(C(O)c2cccc(Br)c2)nc2ccccc21. The maximum Gasteiger partial charge on any atom is 0.143 e. The summed E-state index contributed by atoms with van der Waals surface area (Å²) in [4.78, 5) is 4.52. The number of halogens is 1. The zero-order valence-corrected chi connectivity index (χ0v) is 12.0. The number of hydrogen-bond acceptors (Lipinski definition) is 2. The van der Waals surface area contributed by atoms with Crippen LogP contribution in [0.2, 0.25) is 0 Å². The van der Waals surface area contributed by atoms with Crippen LogP contribution in [0.5, 0.6) is 0 Å². The lowest BCUT2D eigenvalue weighted by atomic mass is 10.1. The Morgan fingerprint density at radius 3 is 2.68 bits per heavy atom. The second kappa shape index (κ2) is 4.79. The van der Waals surface area contributed by atoms with Gasteiger partial charge in [0, 0.05) is 11.5 Å². The van der Waals surface area contributed by atoms with Crippen molar-refractivity contribution in [3.05, 3.63) is 64.4 Å². The Morgan fingerprint density at radius 2 is 1.95 bits per heavy atom. The lowest BCUT2D eigenvalue weighted by Crippen LogP contribution is -2.07. The molecule has 0 aliphatic carbocycles. The van der Waals surface area contributed by atoms with Crippen LogP contribution in [0, 0.1) is 0 Å². The number of aryl methyl sites for hydroxylation is 1. The van der Waals surface area contributed by atoms with E-state index >= 15 is 0 Å². The Labute approximate surface area is 119 Å². The number of fused-ring (bicyclic) bond motifs is 1. The molecule has 0 amide bonds. The van der Waals surface area contributed by atoms with Crippen molar-refractivity contribution in [3.8, 4) is 0 Å². The van der Waals surface area contributed by atoms with E-state index in [-0.39, 0.29) is 0 Å². The minimum absolute atomic E-state index is 0.652.